The van der Waals surface area contributed by atoms with E-state index in [0.29, 0.717) is 0 Å². The maximum absolute atomic E-state index is 2.54. The molecule has 260 valence electrons. The smallest absolute Gasteiger partial charge is 0.358 e. The molecule has 50 heavy (non-hydrogen) atoms. The number of hydrogen-bond donors (Lipinski definition) is 0. The largest absolute Gasteiger partial charge is 4.00 e. The van der Waals surface area contributed by atoms with Gasteiger partial charge >= 0.3 is 25.8 Å². The van der Waals surface area contributed by atoms with Crippen LogP contribution in [0.1, 0.15) is 114 Å². The Morgan fingerprint density at radius 1 is 0.500 bits per heavy atom. The summed E-state index contributed by atoms with van der Waals surface area (Å²) in [5.74, 6) is 0. The molecule has 6 aromatic rings. The third-order valence-corrected chi connectivity index (χ3v) is 10.7. The van der Waals surface area contributed by atoms with Crippen LogP contribution in [0.3, 0.4) is 0 Å². The zero-order chi connectivity index (χ0) is 33.7. The summed E-state index contributed by atoms with van der Waals surface area (Å²) in [4.78, 5) is 0. The van der Waals surface area contributed by atoms with Gasteiger partial charge in [-0.1, -0.05) is 128 Å². The molecule has 0 unspecified atom stereocenters. The van der Waals surface area contributed by atoms with Crippen molar-refractivity contribution >= 4 is 21.5 Å². The van der Waals surface area contributed by atoms with Crippen LogP contribution in [-0.2, 0) is 42.1 Å². The van der Waals surface area contributed by atoms with Crippen LogP contribution in [0.2, 0.25) is 0 Å². The van der Waals surface area contributed by atoms with Gasteiger partial charge in [0.05, 0.1) is 0 Å². The van der Waals surface area contributed by atoms with E-state index in [2.05, 4.69) is 166 Å². The van der Waals surface area contributed by atoms with Gasteiger partial charge in [0.25, 0.3) is 0 Å². The molecule has 0 aliphatic heterocycles. The molecule has 0 spiro atoms. The van der Waals surface area contributed by atoms with Crippen molar-refractivity contribution in [1.29, 1.82) is 0 Å². The van der Waals surface area contributed by atoms with Gasteiger partial charge in [-0.25, -0.2) is 0 Å². The average molecular weight is 828 g/mol. The van der Waals surface area contributed by atoms with Crippen molar-refractivity contribution in [1.82, 2.24) is 0 Å². The monoisotopic (exact) mass is 828 g/mol. The van der Waals surface area contributed by atoms with Crippen LogP contribution in [0.25, 0.3) is 43.8 Å². The fraction of sp³-hybridized carbons (Fsp3) is 0.347. The minimum absolute atomic E-state index is 0. The molecule has 0 heterocycles. The maximum atomic E-state index is 2.54. The first kappa shape index (κ1) is 41.4. The summed E-state index contributed by atoms with van der Waals surface area (Å²) in [5.41, 5.74) is 14.0. The summed E-state index contributed by atoms with van der Waals surface area (Å²) in [6, 6.07) is 38.0. The molecule has 0 saturated heterocycles. The van der Waals surface area contributed by atoms with Gasteiger partial charge in [0.15, 0.2) is 0 Å². The molecule has 6 rings (SSSR count). The normalized spacial score (nSPS) is 12.0. The fourth-order valence-corrected chi connectivity index (χ4v) is 8.08. The van der Waals surface area contributed by atoms with Crippen molar-refractivity contribution in [3.8, 4) is 22.3 Å². The van der Waals surface area contributed by atoms with Crippen molar-refractivity contribution in [2.75, 3.05) is 0 Å². The second-order valence-electron chi connectivity index (χ2n) is 16.2. The first-order chi connectivity index (χ1) is 22.3. The zero-order valence-corrected chi connectivity index (χ0v) is 36.7. The van der Waals surface area contributed by atoms with Gasteiger partial charge in [-0.3, -0.25) is 0 Å². The Morgan fingerprint density at radius 3 is 1.20 bits per heavy atom. The van der Waals surface area contributed by atoms with Crippen LogP contribution < -0.4 is 0 Å². The maximum Gasteiger partial charge on any atom is 4.00 e. The summed E-state index contributed by atoms with van der Waals surface area (Å²) in [5, 5.41) is 5.44. The van der Waals surface area contributed by atoms with E-state index in [1.165, 1.54) is 77.2 Å². The molecule has 0 atom stereocenters. The molecule has 0 fully saturated rings. The van der Waals surface area contributed by atoms with Crippen LogP contribution in [0.15, 0.2) is 97.1 Å². The Balaban J connectivity index is 0.00000225. The van der Waals surface area contributed by atoms with Crippen molar-refractivity contribution in [3.63, 3.8) is 0 Å². The molecular formula is C49H60Hf. The van der Waals surface area contributed by atoms with Crippen molar-refractivity contribution in [2.24, 2.45) is 0 Å². The molecule has 1 heteroatoms. The molecule has 0 saturated carbocycles. The van der Waals surface area contributed by atoms with E-state index in [0.717, 1.165) is 25.7 Å². The van der Waals surface area contributed by atoms with Gasteiger partial charge < -0.3 is 14.9 Å². The molecule has 0 amide bonds. The van der Waals surface area contributed by atoms with Crippen molar-refractivity contribution < 1.29 is 25.8 Å². The van der Waals surface area contributed by atoms with E-state index in [9.17, 15) is 0 Å². The summed E-state index contributed by atoms with van der Waals surface area (Å²) in [6.45, 7) is 23.0. The molecule has 0 nitrogen and oxygen atoms in total. The summed E-state index contributed by atoms with van der Waals surface area (Å²) < 4.78 is 0. The van der Waals surface area contributed by atoms with Crippen molar-refractivity contribution in [2.45, 2.75) is 111 Å². The molecule has 0 bridgehead atoms. The summed E-state index contributed by atoms with van der Waals surface area (Å²) in [6.07, 6.45) is 4.56. The van der Waals surface area contributed by atoms with E-state index in [4.69, 9.17) is 0 Å². The van der Waals surface area contributed by atoms with E-state index >= 15 is 0 Å². The molecule has 6 aromatic carbocycles. The molecular weight excluding hydrogens is 767 g/mol. The number of fused-ring (bicyclic) bond motifs is 2. The van der Waals surface area contributed by atoms with E-state index in [1.807, 2.05) is 0 Å². The van der Waals surface area contributed by atoms with Gasteiger partial charge in [-0.15, -0.1) is 69.1 Å². The fourth-order valence-electron chi connectivity index (χ4n) is 8.08. The molecule has 0 radical (unpaired) electrons. The number of hydrogen-bond acceptors (Lipinski definition) is 0. The van der Waals surface area contributed by atoms with Crippen molar-refractivity contribution in [3.05, 3.63) is 145 Å². The van der Waals surface area contributed by atoms with Crippen LogP contribution in [0.5, 0.6) is 0 Å². The average Bonchev–Trinajstić information content (AvgIpc) is 3.65. The number of benzene rings is 4. The van der Waals surface area contributed by atoms with Crippen LogP contribution in [0.4, 0.5) is 0 Å². The number of rotatable bonds is 8. The third kappa shape index (κ3) is 7.60. The van der Waals surface area contributed by atoms with Gasteiger partial charge in [0.2, 0.25) is 0 Å². The standard InChI is InChI=1S/C47H54.2CH3.Hf/c1-11-23-47(24-12-2,37-27-33-15-13-17-41(43(33)29-37)39-21-19-35(25-31(39)3)45(5,6)7)38-28-34-16-14-18-42(44(34)30-38)40-22-20-36(26-32(40)4)46(8,9)10;;;/h13-22,25-30H,11-12,23-24H2,1-10H3;2*1H3;/q-2;2*-1;+4. The zero-order valence-electron chi connectivity index (χ0n) is 33.1. The predicted octanol–water partition coefficient (Wildman–Crippen LogP) is 14.8. The van der Waals surface area contributed by atoms with Gasteiger partial charge in [-0.05, 0) is 76.3 Å². The first-order valence-electron chi connectivity index (χ1n) is 17.9. The molecule has 0 aromatic heterocycles. The van der Waals surface area contributed by atoms with Gasteiger partial charge in [0, 0.05) is 0 Å². The van der Waals surface area contributed by atoms with Gasteiger partial charge in [0.1, 0.15) is 0 Å². The Bertz CT molecular complexity index is 1900. The van der Waals surface area contributed by atoms with E-state index < -0.39 is 0 Å². The summed E-state index contributed by atoms with van der Waals surface area (Å²) in [7, 11) is 0. The first-order valence-corrected chi connectivity index (χ1v) is 17.9. The van der Waals surface area contributed by atoms with Gasteiger partial charge in [-0.2, -0.15) is 12.1 Å². The SMILES string of the molecule is CCCC(CCC)(c1cc2c(-c3ccc(C(C)(C)C)cc3C)cccc2[cH-]1)c1cc2c(-c3ccc(C(C)(C)C)cc3C)cccc2[cH-]1.[CH3-].[CH3-].[Hf+4]. The second kappa shape index (κ2) is 15.7. The predicted molar refractivity (Wildman–Crippen MR) is 220 cm³/mol. The minimum atomic E-state index is -0.0354. The minimum Gasteiger partial charge on any atom is -0.358 e. The third-order valence-electron chi connectivity index (χ3n) is 10.7. The Labute approximate surface area is 324 Å². The summed E-state index contributed by atoms with van der Waals surface area (Å²) >= 11 is 0. The second-order valence-corrected chi connectivity index (χ2v) is 16.2. The van der Waals surface area contributed by atoms with E-state index in [-0.39, 0.29) is 56.9 Å². The quantitative estimate of drug-likeness (QED) is 0.106. The Hall–Kier alpha value is -3.03. The van der Waals surface area contributed by atoms with Crippen LogP contribution in [0, 0.1) is 28.7 Å². The molecule has 0 aliphatic carbocycles. The van der Waals surface area contributed by atoms with Crippen LogP contribution >= 0.6 is 0 Å². The Morgan fingerprint density at radius 2 is 0.880 bits per heavy atom. The molecule has 0 N–H and O–H groups in total. The Kier molecular flexibility index (Phi) is 13.0. The number of aryl methyl sites for hydroxylation is 2. The van der Waals surface area contributed by atoms with E-state index in [1.54, 1.807) is 0 Å². The topological polar surface area (TPSA) is 0 Å². The molecule has 0 aliphatic rings. The van der Waals surface area contributed by atoms with Crippen LogP contribution in [-0.4, -0.2) is 0 Å².